The lowest BCUT2D eigenvalue weighted by Crippen LogP contribution is -2.14. The molecular formula is C57H40N2. The molecule has 59 heavy (non-hydrogen) atoms. The van der Waals surface area contributed by atoms with Crippen LogP contribution in [0.2, 0.25) is 0 Å². The van der Waals surface area contributed by atoms with E-state index >= 15 is 0 Å². The van der Waals surface area contributed by atoms with Crippen LogP contribution in [0.4, 0.5) is 0 Å². The Hall–Kier alpha value is -7.42. The van der Waals surface area contributed by atoms with Gasteiger partial charge in [-0.2, -0.15) is 0 Å². The molecule has 0 bridgehead atoms. The second-order valence-corrected chi connectivity index (χ2v) is 16.2. The van der Waals surface area contributed by atoms with Gasteiger partial charge in [0.2, 0.25) is 0 Å². The summed E-state index contributed by atoms with van der Waals surface area (Å²) < 4.78 is 0. The molecule has 0 radical (unpaired) electrons. The quantitative estimate of drug-likeness (QED) is 0.169. The molecule has 0 amide bonds. The standard InChI is InChI=1S/C57H40N2/c1-57(2)52-31-28-44(34-50(52)51-33-42-18-9-10-19-43(42)35-53(51)57)46-29-30-49(48-23-12-11-22-47(46)48)56-58-54(40-16-7-4-8-17-40)36-55(59-56)45-21-13-20-41(32-45)39-26-24-38(25-27-39)37-14-5-3-6-15-37/h3-36H,1-2H3. The molecular weight excluding hydrogens is 713 g/mol. The minimum Gasteiger partial charge on any atom is -0.228 e. The topological polar surface area (TPSA) is 25.8 Å². The smallest absolute Gasteiger partial charge is 0.161 e. The molecule has 1 heterocycles. The molecule has 0 atom stereocenters. The number of hydrogen-bond donors (Lipinski definition) is 0. The maximum Gasteiger partial charge on any atom is 0.161 e. The highest BCUT2D eigenvalue weighted by atomic mass is 14.9. The molecule has 10 aromatic rings. The fourth-order valence-electron chi connectivity index (χ4n) is 9.17. The molecule has 0 spiro atoms. The summed E-state index contributed by atoms with van der Waals surface area (Å²) in [6, 6.07) is 74.3. The van der Waals surface area contributed by atoms with E-state index in [1.54, 1.807) is 0 Å². The Morgan fingerprint density at radius 2 is 0.814 bits per heavy atom. The van der Waals surface area contributed by atoms with Crippen LogP contribution in [0.25, 0.3) is 100.0 Å². The highest BCUT2D eigenvalue weighted by Gasteiger charge is 2.36. The van der Waals surface area contributed by atoms with Gasteiger partial charge >= 0.3 is 0 Å². The first-order valence-corrected chi connectivity index (χ1v) is 20.4. The minimum absolute atomic E-state index is 0.0789. The maximum absolute atomic E-state index is 5.34. The Labute approximate surface area is 345 Å². The lowest BCUT2D eigenvalue weighted by atomic mass is 9.81. The highest BCUT2D eigenvalue weighted by Crippen LogP contribution is 2.51. The number of hydrogen-bond acceptors (Lipinski definition) is 2. The Bertz CT molecular complexity index is 3220. The van der Waals surface area contributed by atoms with Crippen molar-refractivity contribution in [3.63, 3.8) is 0 Å². The van der Waals surface area contributed by atoms with Crippen LogP contribution in [0.15, 0.2) is 206 Å². The van der Waals surface area contributed by atoms with Crippen molar-refractivity contribution in [2.45, 2.75) is 19.3 Å². The zero-order chi connectivity index (χ0) is 39.5. The van der Waals surface area contributed by atoms with Crippen molar-refractivity contribution >= 4 is 21.5 Å². The molecule has 0 saturated heterocycles. The first-order valence-electron chi connectivity index (χ1n) is 20.4. The number of rotatable bonds is 6. The van der Waals surface area contributed by atoms with Gasteiger partial charge in [0.15, 0.2) is 5.82 Å². The molecule has 0 N–H and O–H groups in total. The number of fused-ring (bicyclic) bond motifs is 5. The van der Waals surface area contributed by atoms with Gasteiger partial charge < -0.3 is 0 Å². The third-order valence-electron chi connectivity index (χ3n) is 12.3. The Morgan fingerprint density at radius 1 is 0.305 bits per heavy atom. The first-order chi connectivity index (χ1) is 29.0. The second-order valence-electron chi connectivity index (χ2n) is 16.2. The second kappa shape index (κ2) is 13.9. The molecule has 0 saturated carbocycles. The summed E-state index contributed by atoms with van der Waals surface area (Å²) in [7, 11) is 0. The molecule has 1 aliphatic rings. The maximum atomic E-state index is 5.34. The van der Waals surface area contributed by atoms with Gasteiger partial charge in [-0.05, 0) is 114 Å². The number of nitrogens with zero attached hydrogens (tertiary/aromatic N) is 2. The van der Waals surface area contributed by atoms with E-state index in [0.29, 0.717) is 5.82 Å². The summed E-state index contributed by atoms with van der Waals surface area (Å²) in [5.41, 5.74) is 17.4. The molecule has 9 aromatic carbocycles. The van der Waals surface area contributed by atoms with Crippen molar-refractivity contribution in [2.75, 3.05) is 0 Å². The van der Waals surface area contributed by atoms with E-state index in [0.717, 1.165) is 44.6 Å². The van der Waals surface area contributed by atoms with E-state index in [4.69, 9.17) is 9.97 Å². The summed E-state index contributed by atoms with van der Waals surface area (Å²) in [5.74, 6) is 0.707. The van der Waals surface area contributed by atoms with Crippen LogP contribution in [-0.2, 0) is 5.41 Å². The van der Waals surface area contributed by atoms with E-state index < -0.39 is 0 Å². The highest BCUT2D eigenvalue weighted by molar-refractivity contribution is 6.05. The lowest BCUT2D eigenvalue weighted by molar-refractivity contribution is 0.661. The van der Waals surface area contributed by atoms with E-state index in [1.807, 2.05) is 6.07 Å². The van der Waals surface area contributed by atoms with Crippen LogP contribution in [0, 0.1) is 0 Å². The molecule has 0 unspecified atom stereocenters. The van der Waals surface area contributed by atoms with Crippen LogP contribution in [0.5, 0.6) is 0 Å². The molecule has 2 nitrogen and oxygen atoms in total. The van der Waals surface area contributed by atoms with Crippen LogP contribution in [-0.4, -0.2) is 9.97 Å². The average Bonchev–Trinajstić information content (AvgIpc) is 3.52. The molecule has 1 aromatic heterocycles. The van der Waals surface area contributed by atoms with Gasteiger partial charge in [0.05, 0.1) is 11.4 Å². The van der Waals surface area contributed by atoms with Gasteiger partial charge in [-0.1, -0.05) is 184 Å². The largest absolute Gasteiger partial charge is 0.228 e. The fourth-order valence-corrected chi connectivity index (χ4v) is 9.17. The van der Waals surface area contributed by atoms with Crippen molar-refractivity contribution in [3.8, 4) is 78.4 Å². The van der Waals surface area contributed by atoms with Crippen LogP contribution < -0.4 is 0 Å². The summed E-state index contributed by atoms with van der Waals surface area (Å²) >= 11 is 0. The van der Waals surface area contributed by atoms with E-state index in [-0.39, 0.29) is 5.41 Å². The Kier molecular flexibility index (Phi) is 8.20. The van der Waals surface area contributed by atoms with Crippen LogP contribution >= 0.6 is 0 Å². The van der Waals surface area contributed by atoms with Crippen molar-refractivity contribution in [3.05, 3.63) is 217 Å². The van der Waals surface area contributed by atoms with Gasteiger partial charge in [-0.3, -0.25) is 0 Å². The summed E-state index contributed by atoms with van der Waals surface area (Å²) in [6.45, 7) is 4.71. The predicted octanol–water partition coefficient (Wildman–Crippen LogP) is 15.1. The van der Waals surface area contributed by atoms with Gasteiger partial charge in [0.1, 0.15) is 0 Å². The SMILES string of the molecule is CC1(C)c2ccc(-c3ccc(-c4nc(-c5ccccc5)cc(-c5cccc(-c6ccc(-c7ccccc7)cc6)c5)n4)c4ccccc34)cc2-c2cc3ccccc3cc21. The minimum atomic E-state index is -0.0789. The van der Waals surface area contributed by atoms with Crippen LogP contribution in [0.3, 0.4) is 0 Å². The van der Waals surface area contributed by atoms with Crippen molar-refractivity contribution in [1.29, 1.82) is 0 Å². The first kappa shape index (κ1) is 34.8. The molecule has 2 heteroatoms. The fraction of sp³-hybridized carbons (Fsp3) is 0.0526. The predicted molar refractivity (Wildman–Crippen MR) is 247 cm³/mol. The third-order valence-corrected chi connectivity index (χ3v) is 12.3. The zero-order valence-corrected chi connectivity index (χ0v) is 33.0. The van der Waals surface area contributed by atoms with E-state index in [2.05, 4.69) is 214 Å². The molecule has 0 aliphatic heterocycles. The van der Waals surface area contributed by atoms with Crippen LogP contribution in [0.1, 0.15) is 25.0 Å². The summed E-state index contributed by atoms with van der Waals surface area (Å²) in [6.07, 6.45) is 0. The van der Waals surface area contributed by atoms with E-state index in [1.165, 1.54) is 60.7 Å². The van der Waals surface area contributed by atoms with Gasteiger partial charge in [0, 0.05) is 22.1 Å². The van der Waals surface area contributed by atoms with Gasteiger partial charge in [0.25, 0.3) is 0 Å². The zero-order valence-electron chi connectivity index (χ0n) is 33.0. The van der Waals surface area contributed by atoms with Gasteiger partial charge in [-0.15, -0.1) is 0 Å². The van der Waals surface area contributed by atoms with Crippen molar-refractivity contribution in [2.24, 2.45) is 0 Å². The average molecular weight is 753 g/mol. The van der Waals surface area contributed by atoms with Crippen molar-refractivity contribution in [1.82, 2.24) is 9.97 Å². The molecule has 1 aliphatic carbocycles. The molecule has 278 valence electrons. The normalized spacial score (nSPS) is 12.7. The summed E-state index contributed by atoms with van der Waals surface area (Å²) in [5, 5.41) is 4.87. The number of benzene rings is 9. The monoisotopic (exact) mass is 752 g/mol. The van der Waals surface area contributed by atoms with E-state index in [9.17, 15) is 0 Å². The Balaban J connectivity index is 1.02. The van der Waals surface area contributed by atoms with Crippen molar-refractivity contribution < 1.29 is 0 Å². The number of aromatic nitrogens is 2. The molecule has 11 rings (SSSR count). The molecule has 0 fully saturated rings. The Morgan fingerprint density at radius 3 is 1.54 bits per heavy atom. The third kappa shape index (κ3) is 6.04. The van der Waals surface area contributed by atoms with Gasteiger partial charge in [-0.25, -0.2) is 9.97 Å². The lowest BCUT2D eigenvalue weighted by Gasteiger charge is -2.22. The summed E-state index contributed by atoms with van der Waals surface area (Å²) in [4.78, 5) is 10.6.